The molecule has 0 radical (unpaired) electrons. The molecule has 0 fully saturated rings. The zero-order chi connectivity index (χ0) is 17.4. The molecular weight excluding hydrogens is 354 g/mol. The van der Waals surface area contributed by atoms with Crippen LogP contribution in [0.1, 0.15) is 11.4 Å². The van der Waals surface area contributed by atoms with Gasteiger partial charge in [0.05, 0.1) is 21.5 Å². The molecule has 0 aliphatic carbocycles. The number of aromatic nitrogens is 5. The number of aryl methyl sites for hydroxylation is 1. The van der Waals surface area contributed by atoms with Gasteiger partial charge in [0.1, 0.15) is 5.82 Å². The molecular formula is C17H15N5OS2. The first-order valence-electron chi connectivity index (χ1n) is 7.68. The molecule has 0 spiro atoms. The molecule has 4 rings (SSSR count). The van der Waals surface area contributed by atoms with Gasteiger partial charge in [0.15, 0.2) is 11.0 Å². The molecule has 1 N–H and O–H groups in total. The minimum atomic E-state index is -0.110. The molecule has 0 unspecified atom stereocenters. The summed E-state index contributed by atoms with van der Waals surface area (Å²) in [5.41, 5.74) is 1.63. The Labute approximate surface area is 152 Å². The van der Waals surface area contributed by atoms with Crippen molar-refractivity contribution in [1.82, 2.24) is 24.7 Å². The lowest BCUT2D eigenvalue weighted by atomic mass is 10.1. The van der Waals surface area contributed by atoms with Gasteiger partial charge in [-0.15, -0.1) is 21.5 Å². The molecule has 4 aromatic rings. The van der Waals surface area contributed by atoms with Crippen molar-refractivity contribution >= 4 is 34.0 Å². The van der Waals surface area contributed by atoms with E-state index in [2.05, 4.69) is 20.2 Å². The van der Waals surface area contributed by atoms with Gasteiger partial charge in [-0.2, -0.15) is 0 Å². The molecule has 126 valence electrons. The maximum absolute atomic E-state index is 12.3. The van der Waals surface area contributed by atoms with Gasteiger partial charge >= 0.3 is 0 Å². The summed E-state index contributed by atoms with van der Waals surface area (Å²) in [6.07, 6.45) is 0. The van der Waals surface area contributed by atoms with Crippen LogP contribution in [-0.4, -0.2) is 24.7 Å². The largest absolute Gasteiger partial charge is 0.309 e. The molecule has 0 aliphatic heterocycles. The van der Waals surface area contributed by atoms with Gasteiger partial charge in [-0.25, -0.2) is 4.98 Å². The number of benzene rings is 1. The summed E-state index contributed by atoms with van der Waals surface area (Å²) in [4.78, 5) is 20.8. The second-order valence-electron chi connectivity index (χ2n) is 5.61. The van der Waals surface area contributed by atoms with Crippen molar-refractivity contribution in [3.8, 4) is 10.7 Å². The first-order chi connectivity index (χ1) is 12.1. The van der Waals surface area contributed by atoms with Crippen LogP contribution in [0.4, 0.5) is 0 Å². The van der Waals surface area contributed by atoms with Crippen LogP contribution in [0.5, 0.6) is 0 Å². The number of thiophene rings is 1. The summed E-state index contributed by atoms with van der Waals surface area (Å²) < 4.78 is 1.96. The molecule has 0 atom stereocenters. The lowest BCUT2D eigenvalue weighted by Gasteiger charge is -2.05. The molecule has 0 aliphatic rings. The van der Waals surface area contributed by atoms with Crippen LogP contribution in [0, 0.1) is 6.92 Å². The highest BCUT2D eigenvalue weighted by Crippen LogP contribution is 2.27. The van der Waals surface area contributed by atoms with E-state index in [4.69, 9.17) is 0 Å². The predicted molar refractivity (Wildman–Crippen MR) is 101 cm³/mol. The summed E-state index contributed by atoms with van der Waals surface area (Å²) in [6.45, 7) is 1.96. The van der Waals surface area contributed by atoms with Crippen molar-refractivity contribution in [2.45, 2.75) is 17.8 Å². The van der Waals surface area contributed by atoms with Crippen molar-refractivity contribution < 1.29 is 0 Å². The van der Waals surface area contributed by atoms with Gasteiger partial charge in [-0.3, -0.25) is 4.79 Å². The Bertz CT molecular complexity index is 1100. The molecule has 0 bridgehead atoms. The molecule has 1 aromatic carbocycles. The van der Waals surface area contributed by atoms with Crippen molar-refractivity contribution in [1.29, 1.82) is 0 Å². The lowest BCUT2D eigenvalue weighted by Crippen LogP contribution is -2.12. The van der Waals surface area contributed by atoms with Crippen LogP contribution in [0.25, 0.3) is 21.6 Å². The second-order valence-corrected chi connectivity index (χ2v) is 7.51. The number of aromatic amines is 1. The number of hydrogen-bond donors (Lipinski definition) is 1. The number of hydrogen-bond acceptors (Lipinski definition) is 6. The Morgan fingerprint density at radius 2 is 2.12 bits per heavy atom. The monoisotopic (exact) mass is 369 g/mol. The van der Waals surface area contributed by atoms with E-state index in [9.17, 15) is 4.79 Å². The molecule has 6 nitrogen and oxygen atoms in total. The number of nitrogens with zero attached hydrogens (tertiary/aromatic N) is 4. The van der Waals surface area contributed by atoms with Crippen molar-refractivity contribution in [3.05, 3.63) is 57.5 Å². The van der Waals surface area contributed by atoms with Crippen LogP contribution < -0.4 is 5.56 Å². The normalized spacial score (nSPS) is 11.3. The zero-order valence-electron chi connectivity index (χ0n) is 13.7. The third-order valence-corrected chi connectivity index (χ3v) is 5.80. The van der Waals surface area contributed by atoms with E-state index in [1.165, 1.54) is 11.8 Å². The van der Waals surface area contributed by atoms with Crippen LogP contribution in [0.3, 0.4) is 0 Å². The predicted octanol–water partition coefficient (Wildman–Crippen LogP) is 3.38. The summed E-state index contributed by atoms with van der Waals surface area (Å²) >= 11 is 3.13. The Kier molecular flexibility index (Phi) is 4.14. The number of rotatable bonds is 4. The zero-order valence-corrected chi connectivity index (χ0v) is 15.3. The second kappa shape index (κ2) is 6.45. The van der Waals surface area contributed by atoms with Crippen molar-refractivity contribution in [3.63, 3.8) is 0 Å². The van der Waals surface area contributed by atoms with Gasteiger partial charge < -0.3 is 9.55 Å². The van der Waals surface area contributed by atoms with E-state index in [1.807, 2.05) is 48.2 Å². The molecule has 0 amide bonds. The first-order valence-corrected chi connectivity index (χ1v) is 9.54. The molecule has 3 aromatic heterocycles. The Balaban J connectivity index is 1.61. The fraction of sp³-hybridized carbons (Fsp3) is 0.176. The van der Waals surface area contributed by atoms with Crippen LogP contribution >= 0.6 is 23.1 Å². The SMILES string of the molecule is Cc1cccc2c(=O)[nH]c(CSc3nnc(-c4cccs4)n3C)nc12. The summed E-state index contributed by atoms with van der Waals surface area (Å²) in [7, 11) is 1.94. The van der Waals surface area contributed by atoms with Gasteiger partial charge in [-0.05, 0) is 30.0 Å². The Morgan fingerprint density at radius 1 is 1.24 bits per heavy atom. The molecule has 8 heteroatoms. The minimum absolute atomic E-state index is 0.110. The average molecular weight is 369 g/mol. The Morgan fingerprint density at radius 3 is 2.92 bits per heavy atom. The van der Waals surface area contributed by atoms with Gasteiger partial charge in [0.25, 0.3) is 5.56 Å². The van der Waals surface area contributed by atoms with Gasteiger partial charge in [-0.1, -0.05) is 30.0 Å². The number of nitrogens with one attached hydrogen (secondary N) is 1. The standard InChI is InChI=1S/C17H15N5OS2/c1-10-5-3-6-11-14(10)18-13(19-16(11)23)9-25-17-21-20-15(22(17)2)12-7-4-8-24-12/h3-8H,9H2,1-2H3,(H,18,19,23). The van der Waals surface area contributed by atoms with Crippen molar-refractivity contribution in [2.24, 2.45) is 7.05 Å². The molecule has 3 heterocycles. The molecule has 25 heavy (non-hydrogen) atoms. The lowest BCUT2D eigenvalue weighted by molar-refractivity contribution is 0.793. The van der Waals surface area contributed by atoms with Crippen molar-refractivity contribution in [2.75, 3.05) is 0 Å². The first kappa shape index (κ1) is 16.0. The number of fused-ring (bicyclic) bond motifs is 1. The van der Waals surface area contributed by atoms with E-state index in [-0.39, 0.29) is 5.56 Å². The number of H-pyrrole nitrogens is 1. The topological polar surface area (TPSA) is 76.5 Å². The quantitative estimate of drug-likeness (QED) is 0.558. The number of para-hydroxylation sites is 1. The summed E-state index contributed by atoms with van der Waals surface area (Å²) in [5, 5.41) is 11.9. The van der Waals surface area contributed by atoms with Crippen LogP contribution in [0.2, 0.25) is 0 Å². The van der Waals surface area contributed by atoms with E-state index in [0.29, 0.717) is 17.0 Å². The maximum Gasteiger partial charge on any atom is 0.258 e. The smallest absolute Gasteiger partial charge is 0.258 e. The summed E-state index contributed by atoms with van der Waals surface area (Å²) in [6, 6.07) is 9.64. The summed E-state index contributed by atoms with van der Waals surface area (Å²) in [5.74, 6) is 2.00. The van der Waals surface area contributed by atoms with E-state index >= 15 is 0 Å². The van der Waals surface area contributed by atoms with E-state index < -0.39 is 0 Å². The van der Waals surface area contributed by atoms with Crippen LogP contribution in [-0.2, 0) is 12.8 Å². The van der Waals surface area contributed by atoms with Gasteiger partial charge in [0.2, 0.25) is 0 Å². The highest BCUT2D eigenvalue weighted by molar-refractivity contribution is 7.98. The highest BCUT2D eigenvalue weighted by atomic mass is 32.2. The molecule has 0 saturated carbocycles. The fourth-order valence-corrected chi connectivity index (χ4v) is 4.14. The van der Waals surface area contributed by atoms with E-state index in [1.54, 1.807) is 17.4 Å². The third-order valence-electron chi connectivity index (χ3n) is 3.90. The number of thioether (sulfide) groups is 1. The Hall–Kier alpha value is -2.45. The average Bonchev–Trinajstić information content (AvgIpc) is 3.24. The minimum Gasteiger partial charge on any atom is -0.309 e. The van der Waals surface area contributed by atoms with Crippen LogP contribution in [0.15, 0.2) is 45.7 Å². The van der Waals surface area contributed by atoms with Gasteiger partial charge in [0, 0.05) is 7.05 Å². The fourth-order valence-electron chi connectivity index (χ4n) is 2.61. The van der Waals surface area contributed by atoms with E-state index in [0.717, 1.165) is 26.9 Å². The third kappa shape index (κ3) is 2.98. The highest BCUT2D eigenvalue weighted by Gasteiger charge is 2.13. The molecule has 0 saturated heterocycles. The maximum atomic E-state index is 12.3.